The monoisotopic (exact) mass is 409 g/mol. The number of piperidine rings is 1. The fourth-order valence-electron chi connectivity index (χ4n) is 4.43. The van der Waals surface area contributed by atoms with Gasteiger partial charge in [-0.15, -0.1) is 0 Å². The number of alkyl halides is 3. The van der Waals surface area contributed by atoms with Crippen LogP contribution in [0.5, 0.6) is 0 Å². The van der Waals surface area contributed by atoms with Gasteiger partial charge in [-0.1, -0.05) is 36.6 Å². The Hall–Kier alpha value is -2.25. The van der Waals surface area contributed by atoms with Gasteiger partial charge >= 0.3 is 12.2 Å². The van der Waals surface area contributed by atoms with Crippen LogP contribution in [0.15, 0.2) is 29.4 Å². The summed E-state index contributed by atoms with van der Waals surface area (Å²) in [7, 11) is 0. The molecule has 0 aromatic heterocycles. The fraction of sp³-hybridized carbons (Fsp3) is 0.619. The molecule has 4 rings (SSSR count). The van der Waals surface area contributed by atoms with Crippen LogP contribution in [0.1, 0.15) is 62.5 Å². The van der Waals surface area contributed by atoms with Gasteiger partial charge in [-0.05, 0) is 30.5 Å². The molecule has 1 aliphatic carbocycles. The third-order valence-electron chi connectivity index (χ3n) is 6.28. The molecule has 158 valence electrons. The smallest absolute Gasteiger partial charge is 0.388 e. The van der Waals surface area contributed by atoms with Crippen LogP contribution in [0.4, 0.5) is 18.0 Å². The van der Waals surface area contributed by atoms with Crippen LogP contribution >= 0.6 is 0 Å². The number of carbonyl (C=O) groups excluding carboxylic acids is 1. The first-order chi connectivity index (χ1) is 13.8. The molecule has 2 heterocycles. The summed E-state index contributed by atoms with van der Waals surface area (Å²) in [4.78, 5) is 20.1. The van der Waals surface area contributed by atoms with Crippen molar-refractivity contribution in [3.63, 3.8) is 0 Å². The highest BCUT2D eigenvalue weighted by Crippen LogP contribution is 2.37. The van der Waals surface area contributed by atoms with Gasteiger partial charge in [-0.25, -0.2) is 4.79 Å². The second-order valence-electron chi connectivity index (χ2n) is 8.34. The van der Waals surface area contributed by atoms with Crippen LogP contribution in [0.3, 0.4) is 0 Å². The van der Waals surface area contributed by atoms with Gasteiger partial charge in [0.2, 0.25) is 0 Å². The van der Waals surface area contributed by atoms with Crippen molar-refractivity contribution in [1.29, 1.82) is 0 Å². The van der Waals surface area contributed by atoms with E-state index in [1.165, 1.54) is 31.4 Å². The third kappa shape index (κ3) is 4.51. The standard InChI is InChI=1S/C21H26F3N3O2/c22-21(23,24)16-8-6-15(7-9-16)18-14-20(29-26-18)10-12-27(13-11-20)19(28)25-17-4-2-1-3-5-17/h6-9,17H,1-5,10-14H2,(H,25,28). The van der Waals surface area contributed by atoms with Crippen molar-refractivity contribution in [1.82, 2.24) is 10.2 Å². The lowest BCUT2D eigenvalue weighted by Crippen LogP contribution is -2.52. The number of benzene rings is 1. The van der Waals surface area contributed by atoms with E-state index >= 15 is 0 Å². The van der Waals surface area contributed by atoms with E-state index in [1.807, 2.05) is 4.90 Å². The number of amides is 2. The van der Waals surface area contributed by atoms with Crippen LogP contribution in [0, 0.1) is 0 Å². The third-order valence-corrected chi connectivity index (χ3v) is 6.28. The fourth-order valence-corrected chi connectivity index (χ4v) is 4.43. The Morgan fingerprint density at radius 2 is 1.76 bits per heavy atom. The molecule has 1 spiro atoms. The maximum absolute atomic E-state index is 12.7. The number of carbonyl (C=O) groups is 1. The van der Waals surface area contributed by atoms with Crippen molar-refractivity contribution in [2.24, 2.45) is 5.16 Å². The molecule has 1 saturated heterocycles. The van der Waals surface area contributed by atoms with Crippen LogP contribution < -0.4 is 5.32 Å². The molecule has 0 bridgehead atoms. The van der Waals surface area contributed by atoms with E-state index in [-0.39, 0.29) is 12.1 Å². The second-order valence-corrected chi connectivity index (χ2v) is 8.34. The maximum Gasteiger partial charge on any atom is 0.416 e. The normalized spacial score (nSPS) is 22.3. The Balaban J connectivity index is 1.30. The van der Waals surface area contributed by atoms with E-state index in [1.54, 1.807) is 0 Å². The summed E-state index contributed by atoms with van der Waals surface area (Å²) >= 11 is 0. The molecule has 5 nitrogen and oxygen atoms in total. The van der Waals surface area contributed by atoms with Gasteiger partial charge in [-0.3, -0.25) is 0 Å². The first-order valence-electron chi connectivity index (χ1n) is 10.3. The van der Waals surface area contributed by atoms with E-state index in [4.69, 9.17) is 4.84 Å². The molecule has 0 atom stereocenters. The Morgan fingerprint density at radius 1 is 1.10 bits per heavy atom. The van der Waals surface area contributed by atoms with Crippen LogP contribution in [-0.2, 0) is 11.0 Å². The quantitative estimate of drug-likeness (QED) is 0.769. The summed E-state index contributed by atoms with van der Waals surface area (Å²) in [6.45, 7) is 1.18. The number of rotatable bonds is 2. The number of likely N-dealkylation sites (tertiary alicyclic amines) is 1. The van der Waals surface area contributed by atoms with Gasteiger partial charge in [0.05, 0.1) is 11.3 Å². The molecule has 2 amide bonds. The Kier molecular flexibility index (Phi) is 5.44. The number of halogens is 3. The summed E-state index contributed by atoms with van der Waals surface area (Å²) in [6, 6.07) is 5.30. The summed E-state index contributed by atoms with van der Waals surface area (Å²) < 4.78 is 38.2. The molecule has 1 N–H and O–H groups in total. The van der Waals surface area contributed by atoms with E-state index in [0.717, 1.165) is 25.0 Å². The van der Waals surface area contributed by atoms with Gasteiger partial charge in [0, 0.05) is 38.4 Å². The molecule has 0 radical (unpaired) electrons. The lowest BCUT2D eigenvalue weighted by Gasteiger charge is -2.38. The maximum atomic E-state index is 12.7. The molecule has 3 aliphatic rings. The minimum Gasteiger partial charge on any atom is -0.388 e. The number of hydrogen-bond donors (Lipinski definition) is 1. The lowest BCUT2D eigenvalue weighted by molar-refractivity contribution is -0.137. The molecule has 8 heteroatoms. The van der Waals surface area contributed by atoms with E-state index < -0.39 is 17.3 Å². The first-order valence-corrected chi connectivity index (χ1v) is 10.3. The molecule has 1 aromatic rings. The zero-order valence-electron chi connectivity index (χ0n) is 16.3. The summed E-state index contributed by atoms with van der Waals surface area (Å²) in [5.41, 5.74) is 0.179. The van der Waals surface area contributed by atoms with Crippen LogP contribution in [-0.4, -0.2) is 41.4 Å². The van der Waals surface area contributed by atoms with Crippen molar-refractivity contribution in [3.8, 4) is 0 Å². The second kappa shape index (κ2) is 7.88. The predicted molar refractivity (Wildman–Crippen MR) is 103 cm³/mol. The Bertz CT molecular complexity index is 762. The average Bonchev–Trinajstić information content (AvgIpc) is 3.12. The molecule has 1 aromatic carbocycles. The van der Waals surface area contributed by atoms with Crippen molar-refractivity contribution in [2.45, 2.75) is 69.2 Å². The van der Waals surface area contributed by atoms with E-state index in [0.29, 0.717) is 43.6 Å². The highest BCUT2D eigenvalue weighted by atomic mass is 19.4. The number of urea groups is 1. The topological polar surface area (TPSA) is 53.9 Å². The van der Waals surface area contributed by atoms with Gasteiger partial charge in [-0.2, -0.15) is 13.2 Å². The zero-order valence-corrected chi connectivity index (χ0v) is 16.3. The number of hydrogen-bond acceptors (Lipinski definition) is 3. The Morgan fingerprint density at radius 3 is 2.38 bits per heavy atom. The van der Waals surface area contributed by atoms with E-state index in [2.05, 4.69) is 10.5 Å². The highest BCUT2D eigenvalue weighted by molar-refractivity contribution is 6.01. The molecule has 2 fully saturated rings. The van der Waals surface area contributed by atoms with E-state index in [9.17, 15) is 18.0 Å². The number of nitrogens with zero attached hydrogens (tertiary/aromatic N) is 2. The number of oxime groups is 1. The number of nitrogens with one attached hydrogen (secondary N) is 1. The van der Waals surface area contributed by atoms with Crippen molar-refractivity contribution < 1.29 is 22.8 Å². The van der Waals surface area contributed by atoms with Gasteiger partial charge < -0.3 is 15.1 Å². The Labute approximate surface area is 168 Å². The molecular weight excluding hydrogens is 383 g/mol. The summed E-state index contributed by atoms with van der Waals surface area (Å²) in [6.07, 6.45) is 3.23. The van der Waals surface area contributed by atoms with Crippen molar-refractivity contribution >= 4 is 11.7 Å². The van der Waals surface area contributed by atoms with Crippen LogP contribution in [0.2, 0.25) is 0 Å². The first kappa shape index (κ1) is 20.0. The summed E-state index contributed by atoms with van der Waals surface area (Å²) in [5.74, 6) is 0. The largest absolute Gasteiger partial charge is 0.416 e. The molecule has 0 unspecified atom stereocenters. The lowest BCUT2D eigenvalue weighted by atomic mass is 9.85. The predicted octanol–water partition coefficient (Wildman–Crippen LogP) is 4.71. The van der Waals surface area contributed by atoms with Crippen molar-refractivity contribution in [2.75, 3.05) is 13.1 Å². The molecule has 29 heavy (non-hydrogen) atoms. The highest BCUT2D eigenvalue weighted by Gasteiger charge is 2.43. The van der Waals surface area contributed by atoms with Gasteiger partial charge in [0.25, 0.3) is 0 Å². The minimum absolute atomic E-state index is 0.00590. The SMILES string of the molecule is O=C(NC1CCCCC1)N1CCC2(CC1)CC(c1ccc(C(F)(F)F)cc1)=NO2. The minimum atomic E-state index is -4.35. The average molecular weight is 409 g/mol. The molecule has 1 saturated carbocycles. The molecular formula is C21H26F3N3O2. The zero-order chi connectivity index (χ0) is 20.5. The summed E-state index contributed by atoms with van der Waals surface area (Å²) in [5, 5.41) is 7.30. The molecule has 2 aliphatic heterocycles. The van der Waals surface area contributed by atoms with Gasteiger partial charge in [0.15, 0.2) is 0 Å². The van der Waals surface area contributed by atoms with Crippen molar-refractivity contribution in [3.05, 3.63) is 35.4 Å². The van der Waals surface area contributed by atoms with Crippen LogP contribution in [0.25, 0.3) is 0 Å². The van der Waals surface area contributed by atoms with Gasteiger partial charge in [0.1, 0.15) is 5.60 Å².